The Morgan fingerprint density at radius 2 is 2.12 bits per heavy atom. The third-order valence-corrected chi connectivity index (χ3v) is 6.05. The minimum Gasteiger partial charge on any atom is -0.354 e. The average Bonchev–Trinajstić information content (AvgIpc) is 3.04. The average molecular weight is 357 g/mol. The molecule has 0 spiro atoms. The largest absolute Gasteiger partial charge is 0.354 e. The zero-order valence-electron chi connectivity index (χ0n) is 14.5. The minimum atomic E-state index is -0.0298. The van der Waals surface area contributed by atoms with Gasteiger partial charge in [-0.05, 0) is 57.6 Å². The van der Waals surface area contributed by atoms with Crippen molar-refractivity contribution in [1.29, 1.82) is 0 Å². The number of thiazole rings is 1. The van der Waals surface area contributed by atoms with Gasteiger partial charge in [-0.25, -0.2) is 4.98 Å². The van der Waals surface area contributed by atoms with Crippen molar-refractivity contribution < 1.29 is 4.79 Å². The van der Waals surface area contributed by atoms with Gasteiger partial charge < -0.3 is 10.2 Å². The van der Waals surface area contributed by atoms with Gasteiger partial charge in [0.05, 0.1) is 17.3 Å². The lowest BCUT2D eigenvalue weighted by atomic mass is 9.97. The summed E-state index contributed by atoms with van der Waals surface area (Å²) in [5.74, 6) is 0.904. The van der Waals surface area contributed by atoms with Crippen LogP contribution in [0.15, 0.2) is 12.1 Å². The number of carbonyl (C=O) groups excluding carboxylic acids is 1. The topological polar surface area (TPSA) is 71.0 Å². The van der Waals surface area contributed by atoms with Crippen LogP contribution in [0.4, 0.5) is 10.9 Å². The molecule has 3 heterocycles. The number of piperidine rings is 1. The molecule has 0 bridgehead atoms. The highest BCUT2D eigenvalue weighted by molar-refractivity contribution is 7.15. The standard InChI is InChI=1S/C18H23N5OS/c1-12-8-9-16(22-21-12)23-10-4-5-13(11-23)17(24)20-18-19-14-6-2-3-7-15(14)25-18/h8-9,13H,2-7,10-11H2,1H3,(H,19,20,24). The fourth-order valence-corrected chi connectivity index (χ4v) is 4.63. The van der Waals surface area contributed by atoms with E-state index < -0.39 is 0 Å². The Kier molecular flexibility index (Phi) is 4.65. The van der Waals surface area contributed by atoms with Crippen LogP contribution in [0.25, 0.3) is 0 Å². The first-order chi connectivity index (χ1) is 12.2. The second-order valence-electron chi connectivity index (χ2n) is 6.90. The molecule has 6 nitrogen and oxygen atoms in total. The number of aromatic nitrogens is 3. The maximum Gasteiger partial charge on any atom is 0.231 e. The maximum atomic E-state index is 12.7. The highest BCUT2D eigenvalue weighted by Gasteiger charge is 2.27. The van der Waals surface area contributed by atoms with E-state index in [1.165, 1.54) is 23.4 Å². The van der Waals surface area contributed by atoms with Gasteiger partial charge in [0.15, 0.2) is 10.9 Å². The van der Waals surface area contributed by atoms with Gasteiger partial charge in [-0.3, -0.25) is 4.79 Å². The Morgan fingerprint density at radius 3 is 2.92 bits per heavy atom. The number of anilines is 2. The van der Waals surface area contributed by atoms with E-state index in [0.29, 0.717) is 6.54 Å². The first-order valence-electron chi connectivity index (χ1n) is 9.04. The summed E-state index contributed by atoms with van der Waals surface area (Å²) < 4.78 is 0. The predicted octanol–water partition coefficient (Wildman–Crippen LogP) is 2.98. The van der Waals surface area contributed by atoms with Crippen LogP contribution in [0, 0.1) is 12.8 Å². The third kappa shape index (κ3) is 3.66. The molecule has 1 fully saturated rings. The van der Waals surface area contributed by atoms with E-state index in [-0.39, 0.29) is 11.8 Å². The highest BCUT2D eigenvalue weighted by atomic mass is 32.1. The molecule has 1 atom stereocenters. The summed E-state index contributed by atoms with van der Waals surface area (Å²) in [5, 5.41) is 12.2. The molecule has 0 aromatic carbocycles. The van der Waals surface area contributed by atoms with Crippen LogP contribution in [0.2, 0.25) is 0 Å². The zero-order valence-corrected chi connectivity index (χ0v) is 15.3. The van der Waals surface area contributed by atoms with Crippen LogP contribution in [0.3, 0.4) is 0 Å². The van der Waals surface area contributed by atoms with Gasteiger partial charge in [-0.1, -0.05) is 0 Å². The van der Waals surface area contributed by atoms with E-state index in [1.54, 1.807) is 11.3 Å². The molecule has 1 unspecified atom stereocenters. The quantitative estimate of drug-likeness (QED) is 0.914. The summed E-state index contributed by atoms with van der Waals surface area (Å²) in [6.45, 7) is 3.54. The fraction of sp³-hybridized carbons (Fsp3) is 0.556. The molecule has 4 rings (SSSR count). The highest BCUT2D eigenvalue weighted by Crippen LogP contribution is 2.30. The third-order valence-electron chi connectivity index (χ3n) is 4.98. The van der Waals surface area contributed by atoms with Gasteiger partial charge in [0.2, 0.25) is 5.91 Å². The molecule has 7 heteroatoms. The van der Waals surface area contributed by atoms with Gasteiger partial charge in [0.25, 0.3) is 0 Å². The van der Waals surface area contributed by atoms with Crippen LogP contribution in [-0.4, -0.2) is 34.2 Å². The Morgan fingerprint density at radius 1 is 1.24 bits per heavy atom. The first kappa shape index (κ1) is 16.4. The second-order valence-corrected chi connectivity index (χ2v) is 7.99. The molecule has 25 heavy (non-hydrogen) atoms. The summed E-state index contributed by atoms with van der Waals surface area (Å²) in [6.07, 6.45) is 6.49. The Hall–Kier alpha value is -2.02. The molecular formula is C18H23N5OS. The van der Waals surface area contributed by atoms with Crippen LogP contribution < -0.4 is 10.2 Å². The molecule has 1 aliphatic heterocycles. The van der Waals surface area contributed by atoms with Gasteiger partial charge in [0.1, 0.15) is 0 Å². The summed E-state index contributed by atoms with van der Waals surface area (Å²) >= 11 is 1.65. The molecule has 1 saturated heterocycles. The molecule has 132 valence electrons. The summed E-state index contributed by atoms with van der Waals surface area (Å²) in [6, 6.07) is 3.95. The Labute approximate surface area is 151 Å². The van der Waals surface area contributed by atoms with Gasteiger partial charge in [-0.2, -0.15) is 5.10 Å². The molecule has 2 aromatic heterocycles. The van der Waals surface area contributed by atoms with Crippen molar-refractivity contribution in [3.63, 3.8) is 0 Å². The van der Waals surface area contributed by atoms with Crippen LogP contribution in [-0.2, 0) is 17.6 Å². The van der Waals surface area contributed by atoms with Crippen LogP contribution in [0.5, 0.6) is 0 Å². The summed E-state index contributed by atoms with van der Waals surface area (Å²) in [4.78, 5) is 20.8. The lowest BCUT2D eigenvalue weighted by Crippen LogP contribution is -2.41. The number of carbonyl (C=O) groups is 1. The van der Waals surface area contributed by atoms with E-state index in [0.717, 1.165) is 48.9 Å². The number of nitrogens with one attached hydrogen (secondary N) is 1. The molecule has 2 aliphatic rings. The van der Waals surface area contributed by atoms with E-state index in [2.05, 4.69) is 25.4 Å². The van der Waals surface area contributed by atoms with Crippen molar-refractivity contribution in [2.24, 2.45) is 5.92 Å². The number of fused-ring (bicyclic) bond motifs is 1. The molecule has 1 N–H and O–H groups in total. The molecule has 0 saturated carbocycles. The van der Waals surface area contributed by atoms with Crippen molar-refractivity contribution in [1.82, 2.24) is 15.2 Å². The van der Waals surface area contributed by atoms with Crippen molar-refractivity contribution in [2.45, 2.75) is 45.4 Å². The number of hydrogen-bond acceptors (Lipinski definition) is 6. The lowest BCUT2D eigenvalue weighted by Gasteiger charge is -2.32. The Bertz CT molecular complexity index is 734. The molecule has 1 aliphatic carbocycles. The van der Waals surface area contributed by atoms with Gasteiger partial charge >= 0.3 is 0 Å². The summed E-state index contributed by atoms with van der Waals surface area (Å²) in [5.41, 5.74) is 2.09. The zero-order chi connectivity index (χ0) is 17.2. The number of hydrogen-bond donors (Lipinski definition) is 1. The van der Waals surface area contributed by atoms with Crippen molar-refractivity contribution in [3.05, 3.63) is 28.4 Å². The van der Waals surface area contributed by atoms with Crippen LogP contribution >= 0.6 is 11.3 Å². The van der Waals surface area contributed by atoms with Crippen LogP contribution in [0.1, 0.15) is 41.9 Å². The van der Waals surface area contributed by atoms with Gasteiger partial charge in [-0.15, -0.1) is 16.4 Å². The Balaban J connectivity index is 1.41. The van der Waals surface area contributed by atoms with Gasteiger partial charge in [0, 0.05) is 18.0 Å². The fourth-order valence-electron chi connectivity index (χ4n) is 3.57. The molecule has 2 aromatic rings. The smallest absolute Gasteiger partial charge is 0.231 e. The van der Waals surface area contributed by atoms with E-state index in [4.69, 9.17) is 0 Å². The second kappa shape index (κ2) is 7.07. The minimum absolute atomic E-state index is 0.0298. The number of nitrogens with zero attached hydrogens (tertiary/aromatic N) is 4. The monoisotopic (exact) mass is 357 g/mol. The lowest BCUT2D eigenvalue weighted by molar-refractivity contribution is -0.120. The number of amides is 1. The summed E-state index contributed by atoms with van der Waals surface area (Å²) in [7, 11) is 0. The molecule has 0 radical (unpaired) electrons. The SMILES string of the molecule is Cc1ccc(N2CCCC(C(=O)Nc3nc4c(s3)CCCC4)C2)nn1. The van der Waals surface area contributed by atoms with E-state index >= 15 is 0 Å². The number of aryl methyl sites for hydroxylation is 3. The maximum absolute atomic E-state index is 12.7. The van der Waals surface area contributed by atoms with Crippen molar-refractivity contribution in [2.75, 3.05) is 23.3 Å². The number of rotatable bonds is 3. The molecular weight excluding hydrogens is 334 g/mol. The van der Waals surface area contributed by atoms with E-state index in [1.807, 2.05) is 19.1 Å². The van der Waals surface area contributed by atoms with Crippen molar-refractivity contribution >= 4 is 28.2 Å². The molecule has 1 amide bonds. The normalized spacial score (nSPS) is 20.2. The van der Waals surface area contributed by atoms with E-state index in [9.17, 15) is 4.79 Å². The first-order valence-corrected chi connectivity index (χ1v) is 9.85. The predicted molar refractivity (Wildman–Crippen MR) is 99.1 cm³/mol. The van der Waals surface area contributed by atoms with Crippen molar-refractivity contribution in [3.8, 4) is 0 Å².